The lowest BCUT2D eigenvalue weighted by atomic mass is 9.95. The SMILES string of the molecule is CCOC(=O)c1c(NC(=S)NC(C)CCCC(C)C)sc2c1CCCC2. The molecule has 4 nitrogen and oxygen atoms in total. The van der Waals surface area contributed by atoms with E-state index in [-0.39, 0.29) is 5.97 Å². The van der Waals surface area contributed by atoms with Crippen LogP contribution in [0.3, 0.4) is 0 Å². The van der Waals surface area contributed by atoms with Crippen molar-refractivity contribution in [3.63, 3.8) is 0 Å². The standard InChI is InChI=1S/C20H32N2O2S2/c1-5-24-19(23)17-15-11-6-7-12-16(15)26-18(17)22-20(25)21-14(4)10-8-9-13(2)3/h13-14H,5-12H2,1-4H3,(H2,21,22,25). The van der Waals surface area contributed by atoms with Gasteiger partial charge in [-0.15, -0.1) is 11.3 Å². The summed E-state index contributed by atoms with van der Waals surface area (Å²) >= 11 is 7.15. The molecule has 2 rings (SSSR count). The molecule has 0 aromatic carbocycles. The zero-order valence-electron chi connectivity index (χ0n) is 16.4. The zero-order chi connectivity index (χ0) is 19.1. The normalized spacial score (nSPS) is 14.7. The number of anilines is 1. The van der Waals surface area contributed by atoms with E-state index >= 15 is 0 Å². The van der Waals surface area contributed by atoms with Gasteiger partial charge in [0.1, 0.15) is 5.00 Å². The lowest BCUT2D eigenvalue weighted by molar-refractivity contribution is 0.0526. The molecule has 0 saturated heterocycles. The molecule has 0 spiro atoms. The van der Waals surface area contributed by atoms with Crippen LogP contribution in [0.4, 0.5) is 5.00 Å². The van der Waals surface area contributed by atoms with Crippen molar-refractivity contribution in [3.05, 3.63) is 16.0 Å². The van der Waals surface area contributed by atoms with E-state index in [4.69, 9.17) is 17.0 Å². The van der Waals surface area contributed by atoms with Gasteiger partial charge in [0.05, 0.1) is 12.2 Å². The molecule has 1 unspecified atom stereocenters. The highest BCUT2D eigenvalue weighted by molar-refractivity contribution is 7.80. The van der Waals surface area contributed by atoms with Crippen molar-refractivity contribution < 1.29 is 9.53 Å². The van der Waals surface area contributed by atoms with Crippen LogP contribution < -0.4 is 10.6 Å². The Morgan fingerprint density at radius 3 is 2.65 bits per heavy atom. The monoisotopic (exact) mass is 396 g/mol. The van der Waals surface area contributed by atoms with Gasteiger partial charge >= 0.3 is 5.97 Å². The predicted molar refractivity (Wildman–Crippen MR) is 114 cm³/mol. The van der Waals surface area contributed by atoms with E-state index < -0.39 is 0 Å². The Kier molecular flexibility index (Phi) is 8.35. The Morgan fingerprint density at radius 1 is 1.23 bits per heavy atom. The first-order chi connectivity index (χ1) is 12.4. The highest BCUT2D eigenvalue weighted by Gasteiger charge is 2.26. The Bertz CT molecular complexity index is 626. The molecule has 2 N–H and O–H groups in total. The number of aryl methyl sites for hydroxylation is 1. The van der Waals surface area contributed by atoms with E-state index in [0.717, 1.165) is 42.2 Å². The van der Waals surface area contributed by atoms with Crippen LogP contribution in [0.25, 0.3) is 0 Å². The third-order valence-electron chi connectivity index (χ3n) is 4.67. The summed E-state index contributed by atoms with van der Waals surface area (Å²) in [5, 5.41) is 8.06. The first-order valence-electron chi connectivity index (χ1n) is 9.81. The maximum atomic E-state index is 12.5. The van der Waals surface area contributed by atoms with E-state index in [0.29, 0.717) is 23.3 Å². The number of carbonyl (C=O) groups is 1. The molecule has 0 aliphatic heterocycles. The molecule has 0 amide bonds. The molecule has 0 fully saturated rings. The van der Waals surface area contributed by atoms with Gasteiger partial charge in [0.2, 0.25) is 0 Å². The minimum absolute atomic E-state index is 0.234. The third kappa shape index (κ3) is 5.95. The van der Waals surface area contributed by atoms with Crippen molar-refractivity contribution in [2.45, 2.75) is 78.7 Å². The highest BCUT2D eigenvalue weighted by atomic mass is 32.1. The number of esters is 1. The molecule has 1 aromatic heterocycles. The molecule has 1 heterocycles. The molecular formula is C20H32N2O2S2. The van der Waals surface area contributed by atoms with Gasteiger partial charge in [-0.25, -0.2) is 4.79 Å². The first kappa shape index (κ1) is 21.2. The van der Waals surface area contributed by atoms with E-state index in [1.165, 1.54) is 24.1 Å². The Hall–Kier alpha value is -1.14. The molecule has 1 aromatic rings. The number of rotatable bonds is 8. The molecule has 1 aliphatic carbocycles. The molecule has 146 valence electrons. The Balaban J connectivity index is 2.02. The van der Waals surface area contributed by atoms with Crippen molar-refractivity contribution >= 4 is 39.6 Å². The molecule has 6 heteroatoms. The second kappa shape index (κ2) is 10.3. The van der Waals surface area contributed by atoms with Crippen LogP contribution in [-0.4, -0.2) is 23.7 Å². The molecule has 26 heavy (non-hydrogen) atoms. The van der Waals surface area contributed by atoms with Gasteiger partial charge < -0.3 is 15.4 Å². The summed E-state index contributed by atoms with van der Waals surface area (Å²) in [5.41, 5.74) is 1.86. The number of hydrogen-bond donors (Lipinski definition) is 2. The fraction of sp³-hybridized carbons (Fsp3) is 0.700. The van der Waals surface area contributed by atoms with Crippen molar-refractivity contribution in [2.75, 3.05) is 11.9 Å². The molecule has 0 saturated carbocycles. The molecule has 1 atom stereocenters. The molecule has 0 bridgehead atoms. The summed E-state index contributed by atoms with van der Waals surface area (Å²) in [7, 11) is 0. The number of thiophene rings is 1. The maximum Gasteiger partial charge on any atom is 0.341 e. The zero-order valence-corrected chi connectivity index (χ0v) is 18.1. The van der Waals surface area contributed by atoms with Gasteiger partial charge in [0.25, 0.3) is 0 Å². The average molecular weight is 397 g/mol. The van der Waals surface area contributed by atoms with Crippen LogP contribution in [0.2, 0.25) is 0 Å². The van der Waals surface area contributed by atoms with Gasteiger partial charge in [-0.1, -0.05) is 26.7 Å². The third-order valence-corrected chi connectivity index (χ3v) is 6.10. The van der Waals surface area contributed by atoms with Gasteiger partial charge in [0, 0.05) is 10.9 Å². The van der Waals surface area contributed by atoms with Crippen LogP contribution >= 0.6 is 23.6 Å². The van der Waals surface area contributed by atoms with E-state index in [1.807, 2.05) is 6.92 Å². The molecule has 1 aliphatic rings. The highest BCUT2D eigenvalue weighted by Crippen LogP contribution is 2.38. The van der Waals surface area contributed by atoms with E-state index in [9.17, 15) is 4.79 Å². The van der Waals surface area contributed by atoms with Gasteiger partial charge in [-0.05, 0) is 69.7 Å². The second-order valence-electron chi connectivity index (χ2n) is 7.46. The van der Waals surface area contributed by atoms with Crippen LogP contribution in [0, 0.1) is 5.92 Å². The van der Waals surface area contributed by atoms with E-state index in [2.05, 4.69) is 31.4 Å². The Morgan fingerprint density at radius 2 is 1.96 bits per heavy atom. The lowest BCUT2D eigenvalue weighted by Crippen LogP contribution is -2.36. The number of ether oxygens (including phenoxy) is 1. The smallest absolute Gasteiger partial charge is 0.341 e. The maximum absolute atomic E-state index is 12.5. The summed E-state index contributed by atoms with van der Waals surface area (Å²) in [6, 6.07) is 0.314. The molecule has 0 radical (unpaired) electrons. The fourth-order valence-corrected chi connectivity index (χ4v) is 4.99. The number of hydrogen-bond acceptors (Lipinski definition) is 4. The fourth-order valence-electron chi connectivity index (χ4n) is 3.34. The number of thiocarbonyl (C=S) groups is 1. The predicted octanol–water partition coefficient (Wildman–Crippen LogP) is 5.30. The lowest BCUT2D eigenvalue weighted by Gasteiger charge is -2.17. The number of fused-ring (bicyclic) bond motifs is 1. The quantitative estimate of drug-likeness (QED) is 0.461. The first-order valence-corrected chi connectivity index (χ1v) is 11.0. The van der Waals surface area contributed by atoms with Crippen molar-refractivity contribution in [2.24, 2.45) is 5.92 Å². The van der Waals surface area contributed by atoms with Gasteiger partial charge in [0.15, 0.2) is 5.11 Å². The summed E-state index contributed by atoms with van der Waals surface area (Å²) < 4.78 is 5.30. The average Bonchev–Trinajstić information content (AvgIpc) is 2.92. The summed E-state index contributed by atoms with van der Waals surface area (Å²) in [6.07, 6.45) is 7.82. The summed E-state index contributed by atoms with van der Waals surface area (Å²) in [4.78, 5) is 13.8. The topological polar surface area (TPSA) is 50.4 Å². The van der Waals surface area contributed by atoms with Crippen molar-refractivity contribution in [1.29, 1.82) is 0 Å². The van der Waals surface area contributed by atoms with Gasteiger partial charge in [-0.3, -0.25) is 0 Å². The second-order valence-corrected chi connectivity index (χ2v) is 8.97. The minimum atomic E-state index is -0.234. The summed E-state index contributed by atoms with van der Waals surface area (Å²) in [5.74, 6) is 0.499. The van der Waals surface area contributed by atoms with Crippen LogP contribution in [-0.2, 0) is 17.6 Å². The minimum Gasteiger partial charge on any atom is -0.462 e. The van der Waals surface area contributed by atoms with Gasteiger partial charge in [-0.2, -0.15) is 0 Å². The number of nitrogens with one attached hydrogen (secondary N) is 2. The number of carbonyl (C=O) groups excluding carboxylic acids is 1. The van der Waals surface area contributed by atoms with Crippen molar-refractivity contribution in [3.8, 4) is 0 Å². The molecular weight excluding hydrogens is 364 g/mol. The van der Waals surface area contributed by atoms with Crippen LogP contribution in [0.1, 0.15) is 80.6 Å². The largest absolute Gasteiger partial charge is 0.462 e. The van der Waals surface area contributed by atoms with Crippen LogP contribution in [0.5, 0.6) is 0 Å². The van der Waals surface area contributed by atoms with E-state index in [1.54, 1.807) is 11.3 Å². The van der Waals surface area contributed by atoms with Crippen LogP contribution in [0.15, 0.2) is 0 Å². The van der Waals surface area contributed by atoms with Crippen molar-refractivity contribution in [1.82, 2.24) is 5.32 Å². The summed E-state index contributed by atoms with van der Waals surface area (Å²) in [6.45, 7) is 8.88. The Labute approximate surface area is 167 Å².